The van der Waals surface area contributed by atoms with Crippen molar-refractivity contribution in [3.63, 3.8) is 0 Å². The van der Waals surface area contributed by atoms with E-state index in [9.17, 15) is 14.4 Å². The molecule has 472 valence electrons. The fraction of sp³-hybridized carbons (Fsp3) is 0.827. The van der Waals surface area contributed by atoms with Gasteiger partial charge >= 0.3 is 17.9 Å². The molecule has 81 heavy (non-hydrogen) atoms. The van der Waals surface area contributed by atoms with Crippen molar-refractivity contribution in [1.29, 1.82) is 0 Å². The van der Waals surface area contributed by atoms with Gasteiger partial charge in [0.2, 0.25) is 0 Å². The number of carbonyl (C=O) groups excluding carboxylic acids is 3. The maximum absolute atomic E-state index is 13.0. The van der Waals surface area contributed by atoms with E-state index in [1.807, 2.05) is 0 Å². The Morgan fingerprint density at radius 2 is 0.444 bits per heavy atom. The summed E-state index contributed by atoms with van der Waals surface area (Å²) in [7, 11) is 0. The van der Waals surface area contributed by atoms with Crippen molar-refractivity contribution in [1.82, 2.24) is 0 Å². The van der Waals surface area contributed by atoms with E-state index in [0.29, 0.717) is 19.3 Å². The van der Waals surface area contributed by atoms with Crippen LogP contribution in [-0.2, 0) is 28.6 Å². The lowest BCUT2D eigenvalue weighted by atomic mass is 10.0. The van der Waals surface area contributed by atoms with Gasteiger partial charge in [0.05, 0.1) is 0 Å². The first kappa shape index (κ1) is 78.1. The van der Waals surface area contributed by atoms with Gasteiger partial charge < -0.3 is 14.2 Å². The average Bonchev–Trinajstić information content (AvgIpc) is 3.47. The van der Waals surface area contributed by atoms with Crippen LogP contribution in [0, 0.1) is 0 Å². The quantitative estimate of drug-likeness (QED) is 0.0261. The number of hydrogen-bond acceptors (Lipinski definition) is 6. The summed E-state index contributed by atoms with van der Waals surface area (Å²) in [5, 5.41) is 0. The molecule has 0 rings (SSSR count). The zero-order valence-electron chi connectivity index (χ0n) is 54.3. The molecule has 0 aromatic carbocycles. The molecule has 0 aromatic heterocycles. The van der Waals surface area contributed by atoms with Crippen LogP contribution < -0.4 is 0 Å². The molecule has 0 aliphatic carbocycles. The summed E-state index contributed by atoms with van der Waals surface area (Å²) in [6.07, 6.45) is 89.6. The highest BCUT2D eigenvalue weighted by molar-refractivity contribution is 5.71. The smallest absolute Gasteiger partial charge is 0.306 e. The third-order valence-electron chi connectivity index (χ3n) is 16.0. The van der Waals surface area contributed by atoms with Crippen molar-refractivity contribution in [2.75, 3.05) is 13.2 Å². The lowest BCUT2D eigenvalue weighted by Crippen LogP contribution is -2.30. The van der Waals surface area contributed by atoms with Crippen LogP contribution in [-0.4, -0.2) is 37.2 Å². The standard InChI is InChI=1S/C75H136O6/c1-4-7-10-13-16-19-22-25-28-31-34-36-37-38-40-41-44-47-50-53-56-59-62-65-68-74(77)80-71-72(70-79-73(76)67-64-61-58-55-52-49-46-43-33-30-27-24-21-18-15-12-9-6-3)81-75(78)69-66-63-60-57-54-51-48-45-42-39-35-32-29-26-23-20-17-14-11-8-5-2/h21,23-24,26,30,32-33,35,42,45,72H,4-20,22,25,27-29,31,34,36-41,43-44,46-71H2,1-3H3/b24-21-,26-23-,33-30-,35-32-,45-42-. The summed E-state index contributed by atoms with van der Waals surface area (Å²) < 4.78 is 17.0. The Kier molecular flexibility index (Phi) is 67.1. The third kappa shape index (κ3) is 67.8. The molecule has 0 spiro atoms. The van der Waals surface area contributed by atoms with E-state index in [4.69, 9.17) is 14.2 Å². The first-order valence-corrected chi connectivity index (χ1v) is 35.8. The molecule has 1 atom stereocenters. The monoisotopic (exact) mass is 1130 g/mol. The molecule has 6 nitrogen and oxygen atoms in total. The number of ether oxygens (including phenoxy) is 3. The molecule has 1 unspecified atom stereocenters. The van der Waals surface area contributed by atoms with Gasteiger partial charge in [-0.2, -0.15) is 0 Å². The highest BCUT2D eigenvalue weighted by atomic mass is 16.6. The SMILES string of the molecule is CCCCCC/C=C\C/C=C\CCCCCCCCCC(=O)OCC(COC(=O)CCCCCCCCCCCCCCCCCCCCCCCCCC)OC(=O)CCCCCCCC/C=C\C/C=C\C/C=C\CCCCCCC. The Morgan fingerprint density at radius 1 is 0.247 bits per heavy atom. The molecule has 0 amide bonds. The molecule has 0 N–H and O–H groups in total. The zero-order valence-corrected chi connectivity index (χ0v) is 54.3. The van der Waals surface area contributed by atoms with Crippen molar-refractivity contribution >= 4 is 17.9 Å². The minimum absolute atomic E-state index is 0.0787. The predicted molar refractivity (Wildman–Crippen MR) is 353 cm³/mol. The molecule has 0 radical (unpaired) electrons. The van der Waals surface area contributed by atoms with Crippen LogP contribution >= 0.6 is 0 Å². The van der Waals surface area contributed by atoms with Gasteiger partial charge in [-0.15, -0.1) is 0 Å². The Morgan fingerprint density at radius 3 is 0.704 bits per heavy atom. The van der Waals surface area contributed by atoms with Gasteiger partial charge in [0.15, 0.2) is 6.10 Å². The molecule has 0 fully saturated rings. The van der Waals surface area contributed by atoms with E-state index < -0.39 is 6.10 Å². The highest BCUT2D eigenvalue weighted by Gasteiger charge is 2.19. The second-order valence-corrected chi connectivity index (χ2v) is 24.1. The first-order chi connectivity index (χ1) is 40.0. The van der Waals surface area contributed by atoms with Gasteiger partial charge in [0, 0.05) is 19.3 Å². The number of rotatable bonds is 66. The van der Waals surface area contributed by atoms with Crippen molar-refractivity contribution < 1.29 is 28.6 Å². The molecule has 0 heterocycles. The van der Waals surface area contributed by atoms with E-state index in [2.05, 4.69) is 81.5 Å². The maximum Gasteiger partial charge on any atom is 0.306 e. The molecule has 0 aliphatic rings. The van der Waals surface area contributed by atoms with E-state index in [-0.39, 0.29) is 31.1 Å². The summed E-state index contributed by atoms with van der Waals surface area (Å²) in [5.41, 5.74) is 0. The summed E-state index contributed by atoms with van der Waals surface area (Å²) in [4.78, 5) is 38.5. The van der Waals surface area contributed by atoms with Gasteiger partial charge in [-0.25, -0.2) is 0 Å². The second-order valence-electron chi connectivity index (χ2n) is 24.1. The summed E-state index contributed by atoms with van der Waals surface area (Å²) in [6, 6.07) is 0. The molecule has 0 saturated carbocycles. The molecular formula is C75H136O6. The van der Waals surface area contributed by atoms with Crippen LogP contribution in [0.15, 0.2) is 60.8 Å². The number of carbonyl (C=O) groups is 3. The molecule has 0 aliphatic heterocycles. The maximum atomic E-state index is 13.0. The van der Waals surface area contributed by atoms with E-state index in [1.165, 1.54) is 244 Å². The van der Waals surface area contributed by atoms with E-state index >= 15 is 0 Å². The van der Waals surface area contributed by atoms with Crippen molar-refractivity contribution in [3.8, 4) is 0 Å². The van der Waals surface area contributed by atoms with Gasteiger partial charge in [-0.1, -0.05) is 332 Å². The Labute approximate surface area is 504 Å². The van der Waals surface area contributed by atoms with E-state index in [0.717, 1.165) is 96.3 Å². The molecular weight excluding hydrogens is 997 g/mol. The number of hydrogen-bond donors (Lipinski definition) is 0. The van der Waals surface area contributed by atoms with Crippen molar-refractivity contribution in [3.05, 3.63) is 60.8 Å². The Hall–Kier alpha value is -2.89. The second kappa shape index (κ2) is 69.6. The molecule has 6 heteroatoms. The van der Waals surface area contributed by atoms with Crippen molar-refractivity contribution in [2.45, 2.75) is 386 Å². The Balaban J connectivity index is 4.35. The summed E-state index contributed by atoms with van der Waals surface area (Å²) in [5.74, 6) is -0.875. The van der Waals surface area contributed by atoms with Gasteiger partial charge in [0.1, 0.15) is 13.2 Å². The van der Waals surface area contributed by atoms with Gasteiger partial charge in [0.25, 0.3) is 0 Å². The zero-order chi connectivity index (χ0) is 58.5. The van der Waals surface area contributed by atoms with Crippen molar-refractivity contribution in [2.24, 2.45) is 0 Å². The Bertz CT molecular complexity index is 1440. The normalized spacial score (nSPS) is 12.4. The minimum atomic E-state index is -0.786. The highest BCUT2D eigenvalue weighted by Crippen LogP contribution is 2.18. The topological polar surface area (TPSA) is 78.9 Å². The van der Waals surface area contributed by atoms with Crippen LogP contribution in [0.2, 0.25) is 0 Å². The number of allylic oxidation sites excluding steroid dienone is 10. The van der Waals surface area contributed by atoms with Crippen LogP contribution in [0.25, 0.3) is 0 Å². The van der Waals surface area contributed by atoms with Crippen LogP contribution in [0.3, 0.4) is 0 Å². The lowest BCUT2D eigenvalue weighted by Gasteiger charge is -2.18. The molecule has 0 bridgehead atoms. The lowest BCUT2D eigenvalue weighted by molar-refractivity contribution is -0.167. The third-order valence-corrected chi connectivity index (χ3v) is 16.0. The van der Waals surface area contributed by atoms with Crippen LogP contribution in [0.4, 0.5) is 0 Å². The van der Waals surface area contributed by atoms with Gasteiger partial charge in [-0.05, 0) is 89.9 Å². The van der Waals surface area contributed by atoms with Crippen LogP contribution in [0.5, 0.6) is 0 Å². The average molecular weight is 1130 g/mol. The predicted octanol–water partition coefficient (Wildman–Crippen LogP) is 24.7. The molecule has 0 saturated heterocycles. The first-order valence-electron chi connectivity index (χ1n) is 35.8. The van der Waals surface area contributed by atoms with Gasteiger partial charge in [-0.3, -0.25) is 14.4 Å². The number of esters is 3. The van der Waals surface area contributed by atoms with Crippen LogP contribution in [0.1, 0.15) is 380 Å². The molecule has 0 aromatic rings. The number of unbranched alkanes of at least 4 members (excludes halogenated alkanes) is 45. The largest absolute Gasteiger partial charge is 0.462 e. The minimum Gasteiger partial charge on any atom is -0.462 e. The summed E-state index contributed by atoms with van der Waals surface area (Å²) >= 11 is 0. The fourth-order valence-electron chi connectivity index (χ4n) is 10.6. The van der Waals surface area contributed by atoms with E-state index in [1.54, 1.807) is 0 Å². The summed E-state index contributed by atoms with van der Waals surface area (Å²) in [6.45, 7) is 6.66. The fourth-order valence-corrected chi connectivity index (χ4v) is 10.6.